The molecule has 0 bridgehead atoms. The van der Waals surface area contributed by atoms with E-state index in [4.69, 9.17) is 0 Å². The number of rotatable bonds is 0. The van der Waals surface area contributed by atoms with Crippen LogP contribution in [0.2, 0.25) is 0 Å². The first kappa shape index (κ1) is 9.55. The first-order valence-electron chi connectivity index (χ1n) is 4.07. The normalized spacial score (nSPS) is 36.6. The van der Waals surface area contributed by atoms with Crippen LogP contribution in [-0.4, -0.2) is 7.85 Å². The Labute approximate surface area is 90.8 Å². The summed E-state index contributed by atoms with van der Waals surface area (Å²) in [5.74, 6) is 0. The highest BCUT2D eigenvalue weighted by atomic mass is 127. The van der Waals surface area contributed by atoms with Crippen molar-refractivity contribution in [2.45, 2.75) is 46.4 Å². The van der Waals surface area contributed by atoms with Gasteiger partial charge in [0, 0.05) is 7.85 Å². The van der Waals surface area contributed by atoms with Gasteiger partial charge in [-0.05, 0) is 25.7 Å². The molecule has 2 unspecified atom stereocenters. The van der Waals surface area contributed by atoms with Crippen LogP contribution in [0.5, 0.6) is 0 Å². The van der Waals surface area contributed by atoms with Crippen LogP contribution in [0.25, 0.3) is 0 Å². The van der Waals surface area contributed by atoms with E-state index in [2.05, 4.69) is 45.2 Å². The SMILES string of the molecule is IC1CCCCC(I)CC1. The molecular formula is C8H14I2. The zero-order valence-corrected chi connectivity index (χ0v) is 10.5. The third-order valence-electron chi connectivity index (χ3n) is 2.08. The van der Waals surface area contributed by atoms with Gasteiger partial charge in [-0.1, -0.05) is 58.0 Å². The van der Waals surface area contributed by atoms with E-state index >= 15 is 0 Å². The van der Waals surface area contributed by atoms with Crippen molar-refractivity contribution in [1.82, 2.24) is 0 Å². The van der Waals surface area contributed by atoms with Crippen molar-refractivity contribution in [3.63, 3.8) is 0 Å². The van der Waals surface area contributed by atoms with Gasteiger partial charge in [0.2, 0.25) is 0 Å². The molecule has 0 aromatic rings. The maximum absolute atomic E-state index is 2.61. The predicted octanol–water partition coefficient (Wildman–Crippen LogP) is 3.95. The summed E-state index contributed by atoms with van der Waals surface area (Å²) in [5.41, 5.74) is 0. The highest BCUT2D eigenvalue weighted by Crippen LogP contribution is 2.26. The molecule has 60 valence electrons. The van der Waals surface area contributed by atoms with E-state index in [-0.39, 0.29) is 0 Å². The molecule has 0 nitrogen and oxygen atoms in total. The van der Waals surface area contributed by atoms with Gasteiger partial charge < -0.3 is 0 Å². The first-order valence-corrected chi connectivity index (χ1v) is 6.56. The van der Waals surface area contributed by atoms with E-state index in [1.807, 2.05) is 0 Å². The topological polar surface area (TPSA) is 0 Å². The number of hydrogen-bond acceptors (Lipinski definition) is 0. The van der Waals surface area contributed by atoms with Crippen LogP contribution in [0.15, 0.2) is 0 Å². The van der Waals surface area contributed by atoms with Gasteiger partial charge >= 0.3 is 0 Å². The molecule has 1 rings (SSSR count). The summed E-state index contributed by atoms with van der Waals surface area (Å²) in [6, 6.07) is 0. The molecular weight excluding hydrogens is 350 g/mol. The summed E-state index contributed by atoms with van der Waals surface area (Å²) in [4.78, 5) is 0. The lowest BCUT2D eigenvalue weighted by Crippen LogP contribution is -2.08. The Morgan fingerprint density at radius 3 is 1.50 bits per heavy atom. The van der Waals surface area contributed by atoms with Crippen molar-refractivity contribution in [2.75, 3.05) is 0 Å². The molecule has 0 radical (unpaired) electrons. The molecule has 1 fully saturated rings. The molecule has 0 N–H and O–H groups in total. The Kier molecular flexibility index (Phi) is 4.93. The largest absolute Gasteiger partial charge is 0.0826 e. The molecule has 1 saturated carbocycles. The maximum Gasteiger partial charge on any atom is 0.0110 e. The lowest BCUT2D eigenvalue weighted by molar-refractivity contribution is 0.540. The summed E-state index contributed by atoms with van der Waals surface area (Å²) in [6.45, 7) is 0. The van der Waals surface area contributed by atoms with Gasteiger partial charge in [-0.15, -0.1) is 0 Å². The molecule has 2 atom stereocenters. The lowest BCUT2D eigenvalue weighted by atomic mass is 10.0. The summed E-state index contributed by atoms with van der Waals surface area (Å²) >= 11 is 5.21. The highest BCUT2D eigenvalue weighted by molar-refractivity contribution is 14.1. The Hall–Kier alpha value is 1.46. The smallest absolute Gasteiger partial charge is 0.0110 e. The van der Waals surface area contributed by atoms with Crippen LogP contribution in [0.1, 0.15) is 38.5 Å². The van der Waals surface area contributed by atoms with Crippen LogP contribution in [-0.2, 0) is 0 Å². The summed E-state index contributed by atoms with van der Waals surface area (Å²) in [5, 5.41) is 0. The molecule has 0 aliphatic heterocycles. The molecule has 1 aliphatic rings. The van der Waals surface area contributed by atoms with E-state index in [0.29, 0.717) is 0 Å². The maximum atomic E-state index is 2.61. The van der Waals surface area contributed by atoms with Crippen molar-refractivity contribution in [3.05, 3.63) is 0 Å². The molecule has 1 aliphatic carbocycles. The Morgan fingerprint density at radius 1 is 0.700 bits per heavy atom. The molecule has 10 heavy (non-hydrogen) atoms. The summed E-state index contributed by atoms with van der Waals surface area (Å²) in [7, 11) is 0. The predicted molar refractivity (Wildman–Crippen MR) is 63.3 cm³/mol. The van der Waals surface area contributed by atoms with E-state index in [1.54, 1.807) is 0 Å². The molecule has 0 aromatic carbocycles. The quantitative estimate of drug-likeness (QED) is 0.451. The van der Waals surface area contributed by atoms with Gasteiger partial charge in [-0.25, -0.2) is 0 Å². The van der Waals surface area contributed by atoms with Crippen molar-refractivity contribution in [3.8, 4) is 0 Å². The van der Waals surface area contributed by atoms with E-state index in [9.17, 15) is 0 Å². The zero-order chi connectivity index (χ0) is 7.40. The fourth-order valence-electron chi connectivity index (χ4n) is 1.38. The fraction of sp³-hybridized carbons (Fsp3) is 1.00. The van der Waals surface area contributed by atoms with Crippen LogP contribution < -0.4 is 0 Å². The lowest BCUT2D eigenvalue weighted by Gasteiger charge is -2.17. The van der Waals surface area contributed by atoms with Crippen LogP contribution >= 0.6 is 45.2 Å². The Morgan fingerprint density at radius 2 is 1.10 bits per heavy atom. The second kappa shape index (κ2) is 5.17. The first-order chi connectivity index (χ1) is 4.79. The monoisotopic (exact) mass is 364 g/mol. The van der Waals surface area contributed by atoms with Gasteiger partial charge in [-0.3, -0.25) is 0 Å². The Bertz CT molecular complexity index is 81.3. The minimum absolute atomic E-state index is 0.968. The molecule has 2 heteroatoms. The summed E-state index contributed by atoms with van der Waals surface area (Å²) in [6.07, 6.45) is 8.76. The average molecular weight is 364 g/mol. The average Bonchev–Trinajstić information content (AvgIpc) is 1.90. The van der Waals surface area contributed by atoms with Crippen LogP contribution in [0, 0.1) is 0 Å². The third kappa shape index (κ3) is 3.74. The molecule has 0 saturated heterocycles. The second-order valence-corrected chi connectivity index (χ2v) is 6.58. The minimum atomic E-state index is 0.968. The van der Waals surface area contributed by atoms with Gasteiger partial charge in [0.25, 0.3) is 0 Å². The zero-order valence-electron chi connectivity index (χ0n) is 6.15. The highest BCUT2D eigenvalue weighted by Gasteiger charge is 2.12. The van der Waals surface area contributed by atoms with Gasteiger partial charge in [0.05, 0.1) is 0 Å². The number of hydrogen-bond donors (Lipinski definition) is 0. The van der Waals surface area contributed by atoms with E-state index in [1.165, 1.54) is 38.5 Å². The standard InChI is InChI=1S/C8H14I2/c9-7-3-1-2-4-8(10)6-5-7/h7-8H,1-6H2. The second-order valence-electron chi connectivity index (χ2n) is 3.06. The third-order valence-corrected chi connectivity index (χ3v) is 4.57. The van der Waals surface area contributed by atoms with Gasteiger partial charge in [-0.2, -0.15) is 0 Å². The fourth-order valence-corrected chi connectivity index (χ4v) is 2.98. The van der Waals surface area contributed by atoms with Gasteiger partial charge in [0.15, 0.2) is 0 Å². The van der Waals surface area contributed by atoms with Gasteiger partial charge in [0.1, 0.15) is 0 Å². The molecule has 0 amide bonds. The molecule has 0 spiro atoms. The minimum Gasteiger partial charge on any atom is -0.0826 e. The molecule has 0 heterocycles. The van der Waals surface area contributed by atoms with E-state index < -0.39 is 0 Å². The molecule has 0 aromatic heterocycles. The van der Waals surface area contributed by atoms with Crippen molar-refractivity contribution in [1.29, 1.82) is 0 Å². The number of alkyl halides is 2. The Balaban J connectivity index is 2.23. The summed E-state index contributed by atoms with van der Waals surface area (Å²) < 4.78 is 1.94. The van der Waals surface area contributed by atoms with E-state index in [0.717, 1.165) is 7.85 Å². The van der Waals surface area contributed by atoms with Crippen LogP contribution in [0.3, 0.4) is 0 Å². The van der Waals surface area contributed by atoms with Crippen molar-refractivity contribution in [2.24, 2.45) is 0 Å². The number of halogens is 2. The van der Waals surface area contributed by atoms with Crippen molar-refractivity contribution < 1.29 is 0 Å². The van der Waals surface area contributed by atoms with Crippen LogP contribution in [0.4, 0.5) is 0 Å². The van der Waals surface area contributed by atoms with Crippen molar-refractivity contribution >= 4 is 45.2 Å².